The minimum Gasteiger partial charge on any atom is -0.394 e. The maximum atomic E-state index is 11.2. The summed E-state index contributed by atoms with van der Waals surface area (Å²) in [5.41, 5.74) is 0.634. The molecule has 1 aliphatic carbocycles. The Morgan fingerprint density at radius 3 is 2.05 bits per heavy atom. The molecule has 0 radical (unpaired) electrons. The zero-order valence-electron chi connectivity index (χ0n) is 10.9. The van der Waals surface area contributed by atoms with Crippen LogP contribution in [0.1, 0.15) is 31.2 Å². The monoisotopic (exact) mass is 261 g/mol. The van der Waals surface area contributed by atoms with Crippen LogP contribution in [0, 0.1) is 11.3 Å². The van der Waals surface area contributed by atoms with Gasteiger partial charge in [0.15, 0.2) is 0 Å². The summed E-state index contributed by atoms with van der Waals surface area (Å²) in [4.78, 5) is 11.2. The fourth-order valence-electron chi connectivity index (χ4n) is 2.18. The van der Waals surface area contributed by atoms with Gasteiger partial charge in [0, 0.05) is 12.8 Å². The van der Waals surface area contributed by atoms with Gasteiger partial charge >= 0.3 is 0 Å². The Morgan fingerprint density at radius 1 is 1.11 bits per heavy atom. The number of carbonyl (C=O) groups excluding carboxylic acids is 1. The van der Waals surface area contributed by atoms with E-state index in [0.29, 0.717) is 25.7 Å². The predicted molar refractivity (Wildman–Crippen MR) is 71.4 cm³/mol. The molecular formula is C15H19NO3. The Hall–Kier alpha value is -1.70. The summed E-state index contributed by atoms with van der Waals surface area (Å²) < 4.78 is 0. The number of nitrogens with zero attached hydrogens (tertiary/aromatic N) is 1. The first-order valence-electron chi connectivity index (χ1n) is 6.39. The second-order valence-electron chi connectivity index (χ2n) is 4.55. The molecule has 2 N–H and O–H groups in total. The minimum absolute atomic E-state index is 0.125. The molecule has 1 aliphatic rings. The fourth-order valence-corrected chi connectivity index (χ4v) is 2.18. The molecule has 0 atom stereocenters. The Kier molecular flexibility index (Phi) is 6.20. The van der Waals surface area contributed by atoms with Crippen LogP contribution in [0.15, 0.2) is 30.3 Å². The van der Waals surface area contributed by atoms with E-state index in [1.165, 1.54) is 0 Å². The van der Waals surface area contributed by atoms with Crippen molar-refractivity contribution in [3.63, 3.8) is 0 Å². The van der Waals surface area contributed by atoms with Gasteiger partial charge in [-0.05, 0) is 18.4 Å². The average molecular weight is 261 g/mol. The van der Waals surface area contributed by atoms with Crippen molar-refractivity contribution in [1.29, 1.82) is 5.26 Å². The number of aliphatic hydroxyl groups excluding tert-OH is 2. The van der Waals surface area contributed by atoms with Crippen molar-refractivity contribution in [2.75, 3.05) is 13.2 Å². The molecule has 0 saturated heterocycles. The molecule has 0 bridgehead atoms. The number of ketones is 1. The third-order valence-corrected chi connectivity index (χ3v) is 3.30. The lowest BCUT2D eigenvalue weighted by atomic mass is 9.70. The van der Waals surface area contributed by atoms with E-state index in [1.54, 1.807) is 0 Å². The number of benzene rings is 1. The Labute approximate surface area is 113 Å². The number of hydrogen-bond acceptors (Lipinski definition) is 4. The van der Waals surface area contributed by atoms with E-state index in [2.05, 4.69) is 6.07 Å². The first kappa shape index (κ1) is 15.4. The molecule has 19 heavy (non-hydrogen) atoms. The van der Waals surface area contributed by atoms with E-state index >= 15 is 0 Å². The lowest BCUT2D eigenvalue weighted by Crippen LogP contribution is -2.30. The van der Waals surface area contributed by atoms with Crippen molar-refractivity contribution >= 4 is 5.78 Å². The van der Waals surface area contributed by atoms with E-state index in [1.807, 2.05) is 30.3 Å². The summed E-state index contributed by atoms with van der Waals surface area (Å²) in [6, 6.07) is 12.2. The summed E-state index contributed by atoms with van der Waals surface area (Å²) in [6.45, 7) is -0.250. The first-order valence-corrected chi connectivity index (χ1v) is 6.39. The largest absolute Gasteiger partial charge is 0.394 e. The van der Waals surface area contributed by atoms with Crippen molar-refractivity contribution in [3.8, 4) is 6.07 Å². The number of carbonyl (C=O) groups is 1. The highest BCUT2D eigenvalue weighted by atomic mass is 16.3. The number of Topliss-reactive ketones (excluding diaryl/α,β-unsaturated/α-hetero) is 1. The van der Waals surface area contributed by atoms with Gasteiger partial charge in [0.1, 0.15) is 5.78 Å². The van der Waals surface area contributed by atoms with Gasteiger partial charge < -0.3 is 10.2 Å². The highest BCUT2D eigenvalue weighted by Crippen LogP contribution is 2.37. The SMILES string of the molecule is N#CC1(c2ccccc2)CCC(=O)CC1.OCCO. The molecule has 0 heterocycles. The van der Waals surface area contributed by atoms with Crippen molar-refractivity contribution in [1.82, 2.24) is 0 Å². The summed E-state index contributed by atoms with van der Waals surface area (Å²) in [5, 5.41) is 24.6. The van der Waals surface area contributed by atoms with E-state index in [0.717, 1.165) is 5.56 Å². The second-order valence-corrected chi connectivity index (χ2v) is 4.55. The van der Waals surface area contributed by atoms with Gasteiger partial charge in [0.05, 0.1) is 24.7 Å². The van der Waals surface area contributed by atoms with Crippen LogP contribution in [0.25, 0.3) is 0 Å². The molecule has 0 aliphatic heterocycles. The molecule has 1 saturated carbocycles. The van der Waals surface area contributed by atoms with Gasteiger partial charge in [0.25, 0.3) is 0 Å². The molecule has 1 aromatic carbocycles. The first-order chi connectivity index (χ1) is 9.18. The molecule has 0 spiro atoms. The van der Waals surface area contributed by atoms with Crippen molar-refractivity contribution < 1.29 is 15.0 Å². The Balaban J connectivity index is 0.000000399. The van der Waals surface area contributed by atoms with Gasteiger partial charge in [-0.15, -0.1) is 0 Å². The maximum absolute atomic E-state index is 11.2. The van der Waals surface area contributed by atoms with Crippen LogP contribution in [-0.2, 0) is 10.2 Å². The molecule has 0 aromatic heterocycles. The van der Waals surface area contributed by atoms with E-state index in [9.17, 15) is 10.1 Å². The minimum atomic E-state index is -0.421. The topological polar surface area (TPSA) is 81.3 Å². The Bertz CT molecular complexity index is 424. The predicted octanol–water partition coefficient (Wildman–Crippen LogP) is 1.56. The van der Waals surface area contributed by atoms with Gasteiger partial charge in [-0.2, -0.15) is 5.26 Å². The second kappa shape index (κ2) is 7.67. The van der Waals surface area contributed by atoms with Crippen LogP contribution in [0.5, 0.6) is 0 Å². The standard InChI is InChI=1S/C13H13NO.C2H6O2/c14-10-13(8-6-12(15)7-9-13)11-4-2-1-3-5-11;3-1-2-4/h1-5H,6-9H2;3-4H,1-2H2. The van der Waals surface area contributed by atoms with Crippen molar-refractivity contribution in [3.05, 3.63) is 35.9 Å². The smallest absolute Gasteiger partial charge is 0.133 e. The van der Waals surface area contributed by atoms with Crippen molar-refractivity contribution in [2.45, 2.75) is 31.1 Å². The van der Waals surface area contributed by atoms with Gasteiger partial charge in [0.2, 0.25) is 0 Å². The number of aliphatic hydroxyl groups is 2. The zero-order chi connectivity index (χ0) is 14.1. The molecule has 4 heteroatoms. The lowest BCUT2D eigenvalue weighted by Gasteiger charge is -2.30. The highest BCUT2D eigenvalue weighted by molar-refractivity contribution is 5.80. The molecule has 1 fully saturated rings. The van der Waals surface area contributed by atoms with E-state index in [-0.39, 0.29) is 19.0 Å². The van der Waals surface area contributed by atoms with E-state index in [4.69, 9.17) is 10.2 Å². The van der Waals surface area contributed by atoms with Crippen LogP contribution in [0.2, 0.25) is 0 Å². The summed E-state index contributed by atoms with van der Waals surface area (Å²) in [5.74, 6) is 0.289. The highest BCUT2D eigenvalue weighted by Gasteiger charge is 2.36. The third kappa shape index (κ3) is 4.16. The lowest BCUT2D eigenvalue weighted by molar-refractivity contribution is -0.120. The van der Waals surface area contributed by atoms with Gasteiger partial charge in [-0.3, -0.25) is 4.79 Å². The number of nitriles is 1. The number of hydrogen-bond donors (Lipinski definition) is 2. The quantitative estimate of drug-likeness (QED) is 0.846. The third-order valence-electron chi connectivity index (χ3n) is 3.30. The van der Waals surface area contributed by atoms with Crippen molar-refractivity contribution in [2.24, 2.45) is 0 Å². The summed E-state index contributed by atoms with van der Waals surface area (Å²) >= 11 is 0. The molecule has 102 valence electrons. The normalized spacial score (nSPS) is 17.0. The van der Waals surface area contributed by atoms with Crippen LogP contribution in [0.3, 0.4) is 0 Å². The van der Waals surface area contributed by atoms with Crippen LogP contribution in [0.4, 0.5) is 0 Å². The Morgan fingerprint density at radius 2 is 1.63 bits per heavy atom. The van der Waals surface area contributed by atoms with Crippen LogP contribution < -0.4 is 0 Å². The summed E-state index contributed by atoms with van der Waals surface area (Å²) in [6.07, 6.45) is 2.43. The average Bonchev–Trinajstić information content (AvgIpc) is 2.50. The molecule has 4 nitrogen and oxygen atoms in total. The van der Waals surface area contributed by atoms with Gasteiger partial charge in [-0.25, -0.2) is 0 Å². The molecule has 0 unspecified atom stereocenters. The number of rotatable bonds is 2. The molecule has 0 amide bonds. The van der Waals surface area contributed by atoms with Crippen LogP contribution in [-0.4, -0.2) is 29.2 Å². The molecule has 1 aromatic rings. The maximum Gasteiger partial charge on any atom is 0.133 e. The molecular weight excluding hydrogens is 242 g/mol. The van der Waals surface area contributed by atoms with E-state index < -0.39 is 5.41 Å². The molecule has 2 rings (SSSR count). The summed E-state index contributed by atoms with van der Waals surface area (Å²) in [7, 11) is 0. The van der Waals surface area contributed by atoms with Gasteiger partial charge in [-0.1, -0.05) is 30.3 Å². The fraction of sp³-hybridized carbons (Fsp3) is 0.467. The zero-order valence-corrected chi connectivity index (χ0v) is 10.9. The van der Waals surface area contributed by atoms with Crippen LogP contribution >= 0.6 is 0 Å².